The van der Waals surface area contributed by atoms with Crippen LogP contribution in [0.1, 0.15) is 28.4 Å². The number of hydrogen-bond acceptors (Lipinski definition) is 2. The maximum atomic E-state index is 13.9. The van der Waals surface area contributed by atoms with Gasteiger partial charge in [-0.2, -0.15) is 0 Å². The van der Waals surface area contributed by atoms with Gasteiger partial charge in [-0.3, -0.25) is 9.59 Å². The van der Waals surface area contributed by atoms with E-state index in [0.29, 0.717) is 13.1 Å². The number of piperazine rings is 1. The Balaban J connectivity index is 1.84. The quantitative estimate of drug-likeness (QED) is 0.841. The standard InChI is InChI=1S/C20H21FN2O2/c1-13-8-9-18(14(2)12-13)23-11-10-22(15(3)19(23)24)20(25)16-6-4-5-7-17(16)21/h4-9,12,15H,10-11H2,1-3H3/t15-/m1/s1. The van der Waals surface area contributed by atoms with Crippen LogP contribution in [-0.4, -0.2) is 35.8 Å². The fraction of sp³-hybridized carbons (Fsp3) is 0.300. The van der Waals surface area contributed by atoms with Gasteiger partial charge >= 0.3 is 0 Å². The highest BCUT2D eigenvalue weighted by Gasteiger charge is 2.36. The van der Waals surface area contributed by atoms with E-state index in [2.05, 4.69) is 0 Å². The number of nitrogens with zero attached hydrogens (tertiary/aromatic N) is 2. The Kier molecular flexibility index (Phi) is 4.57. The Morgan fingerprint density at radius 2 is 1.84 bits per heavy atom. The van der Waals surface area contributed by atoms with Crippen molar-refractivity contribution in [2.24, 2.45) is 0 Å². The average Bonchev–Trinajstić information content (AvgIpc) is 2.58. The van der Waals surface area contributed by atoms with E-state index in [1.54, 1.807) is 24.0 Å². The molecule has 1 aliphatic heterocycles. The minimum atomic E-state index is -0.637. The van der Waals surface area contributed by atoms with E-state index in [1.165, 1.54) is 17.0 Å². The zero-order valence-electron chi connectivity index (χ0n) is 14.6. The summed E-state index contributed by atoms with van der Waals surface area (Å²) in [6.07, 6.45) is 0. The maximum absolute atomic E-state index is 13.9. The molecule has 1 fully saturated rings. The number of carbonyl (C=O) groups is 2. The second kappa shape index (κ2) is 6.67. The van der Waals surface area contributed by atoms with Crippen LogP contribution >= 0.6 is 0 Å². The molecule has 0 aromatic heterocycles. The van der Waals surface area contributed by atoms with Crippen LogP contribution in [0.5, 0.6) is 0 Å². The second-order valence-corrected chi connectivity index (χ2v) is 6.43. The summed E-state index contributed by atoms with van der Waals surface area (Å²) in [5.41, 5.74) is 3.02. The minimum absolute atomic E-state index is 0.00196. The molecule has 0 aliphatic carbocycles. The first kappa shape index (κ1) is 17.1. The van der Waals surface area contributed by atoms with Crippen LogP contribution in [0, 0.1) is 19.7 Å². The van der Waals surface area contributed by atoms with Gasteiger partial charge in [0.25, 0.3) is 5.91 Å². The highest BCUT2D eigenvalue weighted by atomic mass is 19.1. The lowest BCUT2D eigenvalue weighted by Crippen LogP contribution is -2.58. The third-order valence-corrected chi connectivity index (χ3v) is 4.66. The van der Waals surface area contributed by atoms with Gasteiger partial charge in [0.15, 0.2) is 0 Å². The Bertz CT molecular complexity index is 834. The van der Waals surface area contributed by atoms with Crippen molar-refractivity contribution < 1.29 is 14.0 Å². The van der Waals surface area contributed by atoms with Crippen LogP contribution in [0.2, 0.25) is 0 Å². The molecule has 3 rings (SSSR count). The predicted molar refractivity (Wildman–Crippen MR) is 95.2 cm³/mol. The highest BCUT2D eigenvalue weighted by Crippen LogP contribution is 2.26. The largest absolute Gasteiger partial charge is 0.325 e. The Morgan fingerprint density at radius 1 is 1.12 bits per heavy atom. The molecule has 1 atom stereocenters. The highest BCUT2D eigenvalue weighted by molar-refractivity contribution is 6.03. The van der Waals surface area contributed by atoms with Crippen molar-refractivity contribution in [1.29, 1.82) is 0 Å². The molecule has 5 heteroatoms. The zero-order chi connectivity index (χ0) is 18.1. The van der Waals surface area contributed by atoms with Crippen LogP contribution in [0.15, 0.2) is 42.5 Å². The molecule has 0 unspecified atom stereocenters. The normalized spacial score (nSPS) is 17.8. The molecule has 4 nitrogen and oxygen atoms in total. The summed E-state index contributed by atoms with van der Waals surface area (Å²) in [5.74, 6) is -1.16. The molecule has 2 aromatic rings. The predicted octanol–water partition coefficient (Wildman–Crippen LogP) is 3.32. The molecule has 2 amide bonds. The molecule has 1 aliphatic rings. The van der Waals surface area contributed by atoms with Gasteiger partial charge < -0.3 is 9.80 Å². The molecule has 0 saturated carbocycles. The van der Waals surface area contributed by atoms with E-state index in [9.17, 15) is 14.0 Å². The molecule has 2 aromatic carbocycles. The van der Waals surface area contributed by atoms with Crippen molar-refractivity contribution in [1.82, 2.24) is 4.90 Å². The van der Waals surface area contributed by atoms with Gasteiger partial charge in [0.05, 0.1) is 5.56 Å². The number of benzene rings is 2. The maximum Gasteiger partial charge on any atom is 0.257 e. The van der Waals surface area contributed by atoms with Gasteiger partial charge in [0.1, 0.15) is 11.9 Å². The SMILES string of the molecule is Cc1ccc(N2CCN(C(=O)c3ccccc3F)[C@H](C)C2=O)c(C)c1. The summed E-state index contributed by atoms with van der Waals surface area (Å²) in [7, 11) is 0. The molecular formula is C20H21FN2O2. The van der Waals surface area contributed by atoms with E-state index in [4.69, 9.17) is 0 Å². The summed E-state index contributed by atoms with van der Waals surface area (Å²) in [6, 6.07) is 11.2. The lowest BCUT2D eigenvalue weighted by molar-refractivity contribution is -0.124. The molecular weight excluding hydrogens is 319 g/mol. The van der Waals surface area contributed by atoms with Gasteiger partial charge in [-0.15, -0.1) is 0 Å². The summed E-state index contributed by atoms with van der Waals surface area (Å²) >= 11 is 0. The van der Waals surface area contributed by atoms with E-state index in [-0.39, 0.29) is 11.5 Å². The fourth-order valence-corrected chi connectivity index (χ4v) is 3.28. The second-order valence-electron chi connectivity index (χ2n) is 6.43. The number of aryl methyl sites for hydroxylation is 2. The average molecular weight is 340 g/mol. The zero-order valence-corrected chi connectivity index (χ0v) is 14.6. The summed E-state index contributed by atoms with van der Waals surface area (Å²) in [6.45, 7) is 6.43. The lowest BCUT2D eigenvalue weighted by atomic mass is 10.1. The first-order chi connectivity index (χ1) is 11.9. The van der Waals surface area contributed by atoms with Gasteiger partial charge in [0.2, 0.25) is 5.91 Å². The Hall–Kier alpha value is -2.69. The van der Waals surface area contributed by atoms with Crippen molar-refractivity contribution in [2.75, 3.05) is 18.0 Å². The van der Waals surface area contributed by atoms with Crippen molar-refractivity contribution in [3.05, 3.63) is 65.0 Å². The first-order valence-corrected chi connectivity index (χ1v) is 8.34. The fourth-order valence-electron chi connectivity index (χ4n) is 3.28. The third-order valence-electron chi connectivity index (χ3n) is 4.66. The van der Waals surface area contributed by atoms with E-state index in [0.717, 1.165) is 16.8 Å². The number of anilines is 1. The third kappa shape index (κ3) is 3.14. The molecule has 25 heavy (non-hydrogen) atoms. The van der Waals surface area contributed by atoms with E-state index >= 15 is 0 Å². The van der Waals surface area contributed by atoms with E-state index in [1.807, 2.05) is 32.0 Å². The monoisotopic (exact) mass is 340 g/mol. The van der Waals surface area contributed by atoms with Gasteiger partial charge in [-0.25, -0.2) is 4.39 Å². The number of rotatable bonds is 2. The molecule has 1 heterocycles. The summed E-state index contributed by atoms with van der Waals surface area (Å²) in [4.78, 5) is 28.6. The molecule has 0 spiro atoms. The summed E-state index contributed by atoms with van der Waals surface area (Å²) in [5, 5.41) is 0. The van der Waals surface area contributed by atoms with Gasteiger partial charge in [-0.1, -0.05) is 29.8 Å². The van der Waals surface area contributed by atoms with Gasteiger partial charge in [-0.05, 0) is 44.5 Å². The van der Waals surface area contributed by atoms with Crippen LogP contribution in [-0.2, 0) is 4.79 Å². The first-order valence-electron chi connectivity index (χ1n) is 8.34. The lowest BCUT2D eigenvalue weighted by Gasteiger charge is -2.39. The van der Waals surface area contributed by atoms with Crippen LogP contribution in [0.3, 0.4) is 0 Å². The molecule has 0 radical (unpaired) electrons. The van der Waals surface area contributed by atoms with Crippen molar-refractivity contribution in [3.8, 4) is 0 Å². The number of carbonyl (C=O) groups excluding carboxylic acids is 2. The molecule has 130 valence electrons. The van der Waals surface area contributed by atoms with Crippen LogP contribution in [0.25, 0.3) is 0 Å². The Morgan fingerprint density at radius 3 is 2.52 bits per heavy atom. The molecule has 0 bridgehead atoms. The topological polar surface area (TPSA) is 40.6 Å². The van der Waals surface area contributed by atoms with Crippen molar-refractivity contribution >= 4 is 17.5 Å². The molecule has 1 saturated heterocycles. The van der Waals surface area contributed by atoms with Gasteiger partial charge in [0, 0.05) is 18.8 Å². The Labute approximate surface area is 146 Å². The summed E-state index contributed by atoms with van der Waals surface area (Å²) < 4.78 is 13.9. The molecule has 0 N–H and O–H groups in total. The van der Waals surface area contributed by atoms with E-state index < -0.39 is 17.8 Å². The van der Waals surface area contributed by atoms with Crippen LogP contribution in [0.4, 0.5) is 10.1 Å². The minimum Gasteiger partial charge on any atom is -0.325 e. The number of halogens is 1. The van der Waals surface area contributed by atoms with Crippen molar-refractivity contribution in [2.45, 2.75) is 26.8 Å². The van der Waals surface area contributed by atoms with Crippen LogP contribution < -0.4 is 4.90 Å². The number of hydrogen-bond donors (Lipinski definition) is 0. The number of amides is 2. The van der Waals surface area contributed by atoms with Crippen molar-refractivity contribution in [3.63, 3.8) is 0 Å². The smallest absolute Gasteiger partial charge is 0.257 e.